The van der Waals surface area contributed by atoms with Crippen molar-refractivity contribution in [3.8, 4) is 0 Å². The minimum atomic E-state index is 0.210. The van der Waals surface area contributed by atoms with E-state index in [4.69, 9.17) is 5.73 Å². The molecule has 1 rings (SSSR count). The molecule has 2 atom stereocenters. The van der Waals surface area contributed by atoms with E-state index in [1.54, 1.807) is 0 Å². The van der Waals surface area contributed by atoms with Gasteiger partial charge in [-0.05, 0) is 13.0 Å². The minimum Gasteiger partial charge on any atom is -0.313 e. The van der Waals surface area contributed by atoms with Gasteiger partial charge in [0.15, 0.2) is 0 Å². The Labute approximate surface area is 56.0 Å². The smallest absolute Gasteiger partial charge is 0.0877 e. The Bertz CT molecular complexity index is 84.4. The quantitative estimate of drug-likeness (QED) is 0.357. The van der Waals surface area contributed by atoms with Gasteiger partial charge in [-0.1, -0.05) is 13.3 Å². The highest BCUT2D eigenvalue weighted by Crippen LogP contribution is 1.98. The van der Waals surface area contributed by atoms with Crippen LogP contribution < -0.4 is 16.4 Å². The monoisotopic (exact) mass is 129 g/mol. The van der Waals surface area contributed by atoms with Gasteiger partial charge in [-0.15, -0.1) is 0 Å². The summed E-state index contributed by atoms with van der Waals surface area (Å²) in [5.74, 6) is 0. The average Bonchev–Trinajstić information content (AvgIpc) is 2.48. The molecule has 1 heterocycles. The Balaban J connectivity index is 1.83. The first kappa shape index (κ1) is 6.99. The van der Waals surface area contributed by atoms with Gasteiger partial charge in [0.25, 0.3) is 0 Å². The van der Waals surface area contributed by atoms with Gasteiger partial charge in [0.05, 0.1) is 12.3 Å². The fourth-order valence-corrected chi connectivity index (χ4v) is 0.772. The largest absolute Gasteiger partial charge is 0.313 e. The molecule has 0 aromatic rings. The zero-order valence-electron chi connectivity index (χ0n) is 5.85. The van der Waals surface area contributed by atoms with Crippen LogP contribution in [0.2, 0.25) is 0 Å². The molecule has 0 bridgehead atoms. The van der Waals surface area contributed by atoms with Gasteiger partial charge < -0.3 is 5.73 Å². The first-order valence-corrected chi connectivity index (χ1v) is 3.59. The van der Waals surface area contributed by atoms with E-state index in [1.807, 2.05) is 0 Å². The number of rotatable bonds is 4. The molecule has 9 heavy (non-hydrogen) atoms. The maximum atomic E-state index is 5.48. The molecule has 3 nitrogen and oxygen atoms in total. The van der Waals surface area contributed by atoms with E-state index in [0.29, 0.717) is 6.17 Å². The molecule has 0 aliphatic carbocycles. The second-order valence-electron chi connectivity index (χ2n) is 2.48. The lowest BCUT2D eigenvalue weighted by Crippen LogP contribution is -2.24. The zero-order chi connectivity index (χ0) is 6.69. The Hall–Kier alpha value is -0.120. The van der Waals surface area contributed by atoms with Crippen molar-refractivity contribution in [1.82, 2.24) is 10.6 Å². The molecule has 1 aliphatic rings. The van der Waals surface area contributed by atoms with Crippen molar-refractivity contribution in [2.75, 3.05) is 6.54 Å². The summed E-state index contributed by atoms with van der Waals surface area (Å²) in [6, 6.07) is 0. The summed E-state index contributed by atoms with van der Waals surface area (Å²) in [6.45, 7) is 3.27. The molecule has 2 unspecified atom stereocenters. The van der Waals surface area contributed by atoms with Crippen molar-refractivity contribution in [2.24, 2.45) is 5.73 Å². The highest BCUT2D eigenvalue weighted by Gasteiger charge is 2.30. The molecule has 0 aromatic carbocycles. The van der Waals surface area contributed by atoms with Crippen LogP contribution in [-0.2, 0) is 0 Å². The van der Waals surface area contributed by atoms with Gasteiger partial charge in [-0.2, -0.15) is 0 Å². The molecular formula is C6H15N3. The van der Waals surface area contributed by atoms with Crippen molar-refractivity contribution in [1.29, 1.82) is 0 Å². The number of unbranched alkanes of at least 4 members (excludes halogenated alkanes) is 1. The van der Waals surface area contributed by atoms with Gasteiger partial charge in [0.1, 0.15) is 0 Å². The van der Waals surface area contributed by atoms with Crippen molar-refractivity contribution in [3.05, 3.63) is 0 Å². The highest BCUT2D eigenvalue weighted by molar-refractivity contribution is 4.90. The summed E-state index contributed by atoms with van der Waals surface area (Å²) in [7, 11) is 0. The minimum absolute atomic E-state index is 0.210. The molecule has 0 saturated carbocycles. The zero-order valence-corrected chi connectivity index (χ0v) is 5.85. The van der Waals surface area contributed by atoms with Crippen LogP contribution in [0.3, 0.4) is 0 Å². The molecule has 0 radical (unpaired) electrons. The van der Waals surface area contributed by atoms with E-state index in [0.717, 1.165) is 6.54 Å². The van der Waals surface area contributed by atoms with E-state index in [2.05, 4.69) is 17.6 Å². The lowest BCUT2D eigenvalue weighted by Gasteiger charge is -1.97. The fourth-order valence-electron chi connectivity index (χ4n) is 0.772. The first-order valence-electron chi connectivity index (χ1n) is 3.59. The van der Waals surface area contributed by atoms with Gasteiger partial charge >= 0.3 is 0 Å². The summed E-state index contributed by atoms with van der Waals surface area (Å²) in [5, 5.41) is 6.33. The van der Waals surface area contributed by atoms with E-state index in [-0.39, 0.29) is 6.17 Å². The highest BCUT2D eigenvalue weighted by atomic mass is 15.4. The standard InChI is InChI=1S/C6H15N3/c1-2-3-4-8-6-5(7)9-6/h5-6,8-9H,2-4,7H2,1H3. The van der Waals surface area contributed by atoms with Crippen LogP contribution in [0.4, 0.5) is 0 Å². The molecule has 4 N–H and O–H groups in total. The molecule has 0 spiro atoms. The Morgan fingerprint density at radius 2 is 2.33 bits per heavy atom. The van der Waals surface area contributed by atoms with Crippen LogP contribution in [0.1, 0.15) is 19.8 Å². The predicted molar refractivity (Wildman–Crippen MR) is 37.8 cm³/mol. The summed E-state index contributed by atoms with van der Waals surface area (Å²) in [4.78, 5) is 0. The van der Waals surface area contributed by atoms with Crippen molar-refractivity contribution in [2.45, 2.75) is 32.1 Å². The van der Waals surface area contributed by atoms with Crippen molar-refractivity contribution in [3.63, 3.8) is 0 Å². The van der Waals surface area contributed by atoms with Crippen LogP contribution in [0.25, 0.3) is 0 Å². The lowest BCUT2D eigenvalue weighted by molar-refractivity contribution is 0.621. The number of nitrogens with one attached hydrogen (secondary N) is 2. The summed E-state index contributed by atoms with van der Waals surface area (Å²) in [6.07, 6.45) is 3.10. The predicted octanol–water partition coefficient (Wildman–Crippen LogP) is -0.410. The Kier molecular flexibility index (Phi) is 2.45. The Morgan fingerprint density at radius 3 is 2.78 bits per heavy atom. The third kappa shape index (κ3) is 2.30. The molecule has 54 valence electrons. The van der Waals surface area contributed by atoms with Crippen LogP contribution in [-0.4, -0.2) is 18.9 Å². The fraction of sp³-hybridized carbons (Fsp3) is 1.00. The summed E-state index contributed by atoms with van der Waals surface area (Å²) in [5.41, 5.74) is 5.48. The molecular weight excluding hydrogens is 114 g/mol. The van der Waals surface area contributed by atoms with Crippen molar-refractivity contribution < 1.29 is 0 Å². The van der Waals surface area contributed by atoms with E-state index in [9.17, 15) is 0 Å². The Morgan fingerprint density at radius 1 is 1.67 bits per heavy atom. The van der Waals surface area contributed by atoms with Crippen molar-refractivity contribution >= 4 is 0 Å². The number of hydrogen-bond donors (Lipinski definition) is 3. The van der Waals surface area contributed by atoms with Crippen LogP contribution >= 0.6 is 0 Å². The summed E-state index contributed by atoms with van der Waals surface area (Å²) < 4.78 is 0. The third-order valence-electron chi connectivity index (χ3n) is 1.52. The topological polar surface area (TPSA) is 60.0 Å². The third-order valence-corrected chi connectivity index (χ3v) is 1.52. The normalized spacial score (nSPS) is 32.7. The average molecular weight is 129 g/mol. The second-order valence-corrected chi connectivity index (χ2v) is 2.48. The van der Waals surface area contributed by atoms with Gasteiger partial charge in [-0.25, -0.2) is 0 Å². The van der Waals surface area contributed by atoms with Crippen LogP contribution in [0.15, 0.2) is 0 Å². The maximum Gasteiger partial charge on any atom is 0.0877 e. The van der Waals surface area contributed by atoms with Crippen LogP contribution in [0.5, 0.6) is 0 Å². The lowest BCUT2D eigenvalue weighted by atomic mass is 10.3. The number of nitrogens with two attached hydrogens (primary N) is 1. The first-order chi connectivity index (χ1) is 4.34. The molecule has 1 aliphatic heterocycles. The van der Waals surface area contributed by atoms with Gasteiger partial charge in [0, 0.05) is 0 Å². The van der Waals surface area contributed by atoms with Gasteiger partial charge in [0.2, 0.25) is 0 Å². The molecule has 0 aromatic heterocycles. The van der Waals surface area contributed by atoms with E-state index < -0.39 is 0 Å². The number of hydrogen-bond acceptors (Lipinski definition) is 3. The summed E-state index contributed by atoms with van der Waals surface area (Å²) >= 11 is 0. The van der Waals surface area contributed by atoms with E-state index in [1.165, 1.54) is 12.8 Å². The molecule has 1 saturated heterocycles. The van der Waals surface area contributed by atoms with Crippen LogP contribution in [0, 0.1) is 0 Å². The second kappa shape index (κ2) is 3.15. The maximum absolute atomic E-state index is 5.48. The molecule has 1 fully saturated rings. The van der Waals surface area contributed by atoms with Gasteiger partial charge in [-0.3, -0.25) is 10.6 Å². The molecule has 0 amide bonds. The molecule has 3 heteroatoms. The SMILES string of the molecule is CCCCNC1NC1N. The van der Waals surface area contributed by atoms with E-state index >= 15 is 0 Å².